The number of pyridine rings is 1. The maximum Gasteiger partial charge on any atom is 0.245 e. The number of halogens is 1. The number of amides is 1. The SMILES string of the molecule is O=C([C@@H]1CCC2=NN(Cc3ccc(Cl)nc3)CN21)N1CCCC1. The molecule has 122 valence electrons. The van der Waals surface area contributed by atoms with E-state index in [1.807, 2.05) is 16.0 Å². The van der Waals surface area contributed by atoms with Gasteiger partial charge in [-0.3, -0.25) is 9.80 Å². The van der Waals surface area contributed by atoms with Crippen LogP contribution in [0.25, 0.3) is 0 Å². The Kier molecular flexibility index (Phi) is 3.85. The van der Waals surface area contributed by atoms with E-state index in [9.17, 15) is 4.79 Å². The number of hydrogen-bond acceptors (Lipinski definition) is 5. The summed E-state index contributed by atoms with van der Waals surface area (Å²) in [7, 11) is 0. The van der Waals surface area contributed by atoms with Gasteiger partial charge in [0.15, 0.2) is 0 Å². The minimum Gasteiger partial charge on any atom is -0.341 e. The van der Waals surface area contributed by atoms with Gasteiger partial charge in [0.1, 0.15) is 23.7 Å². The molecule has 3 aliphatic heterocycles. The van der Waals surface area contributed by atoms with Crippen LogP contribution in [0.2, 0.25) is 5.15 Å². The maximum absolute atomic E-state index is 12.7. The predicted molar refractivity (Wildman–Crippen MR) is 87.8 cm³/mol. The Balaban J connectivity index is 1.41. The van der Waals surface area contributed by atoms with Crippen molar-refractivity contribution in [1.29, 1.82) is 0 Å². The lowest BCUT2D eigenvalue weighted by molar-refractivity contribution is -0.134. The summed E-state index contributed by atoms with van der Waals surface area (Å²) < 4.78 is 0. The first-order chi connectivity index (χ1) is 11.2. The lowest BCUT2D eigenvalue weighted by Crippen LogP contribution is -2.46. The minimum atomic E-state index is -0.0276. The molecule has 0 spiro atoms. The Morgan fingerprint density at radius 1 is 1.30 bits per heavy atom. The molecule has 0 aliphatic carbocycles. The Bertz CT molecular complexity index is 626. The number of hydrazone groups is 1. The molecule has 2 saturated heterocycles. The summed E-state index contributed by atoms with van der Waals surface area (Å²) in [5, 5.41) is 7.17. The van der Waals surface area contributed by atoms with Gasteiger partial charge in [0.05, 0.1) is 6.54 Å². The van der Waals surface area contributed by atoms with Gasteiger partial charge < -0.3 is 9.80 Å². The van der Waals surface area contributed by atoms with Gasteiger partial charge in [-0.1, -0.05) is 17.7 Å². The van der Waals surface area contributed by atoms with Gasteiger partial charge in [0.25, 0.3) is 0 Å². The maximum atomic E-state index is 12.7. The van der Waals surface area contributed by atoms with Crippen LogP contribution in [0.3, 0.4) is 0 Å². The molecule has 4 rings (SSSR count). The van der Waals surface area contributed by atoms with E-state index >= 15 is 0 Å². The smallest absolute Gasteiger partial charge is 0.245 e. The number of fused-ring (bicyclic) bond motifs is 1. The van der Waals surface area contributed by atoms with Crippen molar-refractivity contribution in [2.24, 2.45) is 5.10 Å². The first kappa shape index (κ1) is 14.8. The van der Waals surface area contributed by atoms with E-state index in [1.165, 1.54) is 0 Å². The Labute approximate surface area is 140 Å². The zero-order chi connectivity index (χ0) is 15.8. The summed E-state index contributed by atoms with van der Waals surface area (Å²) in [5.74, 6) is 1.33. The molecule has 0 bridgehead atoms. The molecule has 1 aromatic rings. The molecule has 1 amide bonds. The molecule has 6 nitrogen and oxygen atoms in total. The first-order valence-corrected chi connectivity index (χ1v) is 8.57. The summed E-state index contributed by atoms with van der Waals surface area (Å²) in [5.41, 5.74) is 1.07. The summed E-state index contributed by atoms with van der Waals surface area (Å²) in [6.45, 7) is 3.20. The van der Waals surface area contributed by atoms with Gasteiger partial charge >= 0.3 is 0 Å². The van der Waals surface area contributed by atoms with Crippen LogP contribution >= 0.6 is 11.6 Å². The van der Waals surface area contributed by atoms with Crippen LogP contribution in [0, 0.1) is 0 Å². The zero-order valence-electron chi connectivity index (χ0n) is 13.0. The second-order valence-electron chi connectivity index (χ2n) is 6.37. The average molecular weight is 334 g/mol. The molecule has 0 N–H and O–H groups in total. The van der Waals surface area contributed by atoms with Crippen molar-refractivity contribution in [3.8, 4) is 0 Å². The standard InChI is InChI=1S/C16H20ClN5O/c17-14-5-3-12(9-18-14)10-21-11-22-13(4-6-15(22)19-21)16(23)20-7-1-2-8-20/h3,5,9,13H,1-2,4,6-8,10-11H2/t13-/m0/s1. The highest BCUT2D eigenvalue weighted by Crippen LogP contribution is 2.28. The van der Waals surface area contributed by atoms with E-state index in [-0.39, 0.29) is 11.9 Å². The van der Waals surface area contributed by atoms with Crippen LogP contribution in [-0.2, 0) is 11.3 Å². The van der Waals surface area contributed by atoms with Crippen molar-refractivity contribution in [2.45, 2.75) is 38.3 Å². The van der Waals surface area contributed by atoms with Crippen molar-refractivity contribution in [3.05, 3.63) is 29.0 Å². The van der Waals surface area contributed by atoms with Crippen LogP contribution in [0.5, 0.6) is 0 Å². The van der Waals surface area contributed by atoms with E-state index in [2.05, 4.69) is 15.0 Å². The molecule has 0 saturated carbocycles. The fourth-order valence-electron chi connectivity index (χ4n) is 3.60. The fourth-order valence-corrected chi connectivity index (χ4v) is 3.72. The molecule has 23 heavy (non-hydrogen) atoms. The van der Waals surface area contributed by atoms with Gasteiger partial charge in [-0.05, 0) is 30.9 Å². The summed E-state index contributed by atoms with van der Waals surface area (Å²) in [4.78, 5) is 21.0. The molecule has 0 radical (unpaired) electrons. The number of aromatic nitrogens is 1. The van der Waals surface area contributed by atoms with Gasteiger partial charge in [0.2, 0.25) is 5.91 Å². The highest BCUT2D eigenvalue weighted by molar-refractivity contribution is 6.29. The molecule has 3 aliphatic rings. The number of hydrogen-bond donors (Lipinski definition) is 0. The summed E-state index contributed by atoms with van der Waals surface area (Å²) in [6, 6.07) is 3.73. The molecule has 4 heterocycles. The van der Waals surface area contributed by atoms with Crippen LogP contribution in [0.15, 0.2) is 23.4 Å². The topological polar surface area (TPSA) is 52.0 Å². The Hall–Kier alpha value is -1.82. The van der Waals surface area contributed by atoms with Crippen LogP contribution < -0.4 is 0 Å². The molecule has 7 heteroatoms. The normalized spacial score (nSPS) is 23.4. The predicted octanol–water partition coefficient (Wildman–Crippen LogP) is 1.91. The number of nitrogens with zero attached hydrogens (tertiary/aromatic N) is 5. The molecule has 0 aromatic carbocycles. The number of likely N-dealkylation sites (tertiary alicyclic amines) is 1. The van der Waals surface area contributed by atoms with Gasteiger partial charge in [0, 0.05) is 25.7 Å². The van der Waals surface area contributed by atoms with Crippen molar-refractivity contribution < 1.29 is 4.79 Å². The third kappa shape index (κ3) is 2.87. The lowest BCUT2D eigenvalue weighted by Gasteiger charge is -2.27. The summed E-state index contributed by atoms with van der Waals surface area (Å²) >= 11 is 5.82. The largest absolute Gasteiger partial charge is 0.341 e. The van der Waals surface area contributed by atoms with E-state index in [4.69, 9.17) is 11.6 Å². The molecule has 2 fully saturated rings. The average Bonchev–Trinajstić information content (AvgIpc) is 3.25. The number of carbonyl (C=O) groups is 1. The number of amidine groups is 1. The van der Waals surface area contributed by atoms with Crippen molar-refractivity contribution in [3.63, 3.8) is 0 Å². The molecule has 0 unspecified atom stereocenters. The Morgan fingerprint density at radius 2 is 2.13 bits per heavy atom. The third-order valence-electron chi connectivity index (χ3n) is 4.78. The molecule has 1 aromatic heterocycles. The van der Waals surface area contributed by atoms with E-state index in [1.54, 1.807) is 12.3 Å². The van der Waals surface area contributed by atoms with Crippen molar-refractivity contribution in [1.82, 2.24) is 19.8 Å². The molecular weight excluding hydrogens is 314 g/mol. The van der Waals surface area contributed by atoms with Crippen LogP contribution in [-0.4, -0.2) is 57.3 Å². The third-order valence-corrected chi connectivity index (χ3v) is 5.00. The summed E-state index contributed by atoms with van der Waals surface area (Å²) in [6.07, 6.45) is 5.83. The molecular formula is C16H20ClN5O. The zero-order valence-corrected chi connectivity index (χ0v) is 13.7. The van der Waals surface area contributed by atoms with Gasteiger partial charge in [-0.25, -0.2) is 4.98 Å². The van der Waals surface area contributed by atoms with E-state index in [0.717, 1.165) is 50.2 Å². The van der Waals surface area contributed by atoms with Gasteiger partial charge in [-0.2, -0.15) is 5.10 Å². The van der Waals surface area contributed by atoms with E-state index in [0.29, 0.717) is 18.4 Å². The minimum absolute atomic E-state index is 0.0276. The highest BCUT2D eigenvalue weighted by Gasteiger charge is 2.41. The molecule has 1 atom stereocenters. The second kappa shape index (κ2) is 6.00. The van der Waals surface area contributed by atoms with Crippen LogP contribution in [0.1, 0.15) is 31.2 Å². The fraction of sp³-hybridized carbons (Fsp3) is 0.562. The van der Waals surface area contributed by atoms with Crippen molar-refractivity contribution >= 4 is 23.3 Å². The number of rotatable bonds is 3. The van der Waals surface area contributed by atoms with E-state index < -0.39 is 0 Å². The van der Waals surface area contributed by atoms with Crippen molar-refractivity contribution in [2.75, 3.05) is 19.8 Å². The highest BCUT2D eigenvalue weighted by atomic mass is 35.5. The lowest BCUT2D eigenvalue weighted by atomic mass is 10.2. The quantitative estimate of drug-likeness (QED) is 0.793. The second-order valence-corrected chi connectivity index (χ2v) is 6.76. The first-order valence-electron chi connectivity index (χ1n) is 8.19. The monoisotopic (exact) mass is 333 g/mol. The van der Waals surface area contributed by atoms with Gasteiger partial charge in [-0.15, -0.1) is 0 Å². The Morgan fingerprint density at radius 3 is 2.87 bits per heavy atom. The van der Waals surface area contributed by atoms with Crippen LogP contribution in [0.4, 0.5) is 0 Å². The number of carbonyl (C=O) groups excluding carboxylic acids is 1.